The summed E-state index contributed by atoms with van der Waals surface area (Å²) in [4.78, 5) is 28.3. The molecule has 0 aliphatic heterocycles. The van der Waals surface area contributed by atoms with Crippen molar-refractivity contribution in [3.63, 3.8) is 0 Å². The number of benzene rings is 1. The molecule has 0 aliphatic rings. The number of aromatic nitrogens is 1. The summed E-state index contributed by atoms with van der Waals surface area (Å²) in [7, 11) is 0. The van der Waals surface area contributed by atoms with Crippen LogP contribution in [0.3, 0.4) is 0 Å². The van der Waals surface area contributed by atoms with Gasteiger partial charge in [-0.15, -0.1) is 11.3 Å². The van der Waals surface area contributed by atoms with E-state index in [2.05, 4.69) is 10.3 Å². The van der Waals surface area contributed by atoms with E-state index in [4.69, 9.17) is 0 Å². The maximum absolute atomic E-state index is 12.9. The second-order valence-corrected chi connectivity index (χ2v) is 6.20. The average Bonchev–Trinajstić information content (AvgIpc) is 2.79. The number of carbonyl (C=O) groups is 2. The molecule has 0 saturated heterocycles. The molecular weight excluding hydrogens is 307 g/mol. The van der Waals surface area contributed by atoms with E-state index in [1.165, 1.54) is 35.6 Å². The summed E-state index contributed by atoms with van der Waals surface area (Å²) >= 11 is 1.41. The molecule has 5 nitrogen and oxygen atoms in total. The highest BCUT2D eigenvalue weighted by Crippen LogP contribution is 2.18. The molecule has 1 heterocycles. The molecule has 1 aromatic carbocycles. The van der Waals surface area contributed by atoms with Gasteiger partial charge in [0.1, 0.15) is 11.5 Å². The first-order valence-corrected chi connectivity index (χ1v) is 7.40. The Labute approximate surface area is 130 Å². The lowest BCUT2D eigenvalue weighted by molar-refractivity contribution is -0.138. The minimum atomic E-state index is -1.09. The number of carboxylic acid groups (broad SMARTS) is 1. The highest BCUT2D eigenvalue weighted by molar-refractivity contribution is 7.11. The van der Waals surface area contributed by atoms with E-state index in [-0.39, 0.29) is 6.54 Å². The number of hydrogen-bond donors (Lipinski definition) is 2. The third-order valence-electron chi connectivity index (χ3n) is 3.16. The first-order chi connectivity index (χ1) is 10.4. The van der Waals surface area contributed by atoms with Gasteiger partial charge in [0.05, 0.1) is 10.9 Å². The molecule has 2 N–H and O–H groups in total. The largest absolute Gasteiger partial charge is 0.481 e. The number of carbonyl (C=O) groups excluding carboxylic acids is 1. The zero-order valence-corrected chi connectivity index (χ0v) is 12.9. The van der Waals surface area contributed by atoms with Crippen molar-refractivity contribution in [2.45, 2.75) is 19.8 Å². The van der Waals surface area contributed by atoms with Crippen molar-refractivity contribution in [1.82, 2.24) is 10.3 Å². The second kappa shape index (κ2) is 6.65. The van der Waals surface area contributed by atoms with E-state index in [0.717, 1.165) is 9.88 Å². The molecule has 0 bridgehead atoms. The van der Waals surface area contributed by atoms with Crippen LogP contribution in [0.4, 0.5) is 4.39 Å². The number of hydrogen-bond acceptors (Lipinski definition) is 4. The van der Waals surface area contributed by atoms with E-state index < -0.39 is 23.6 Å². The summed E-state index contributed by atoms with van der Waals surface area (Å²) in [6.45, 7) is 3.50. The molecule has 0 spiro atoms. The first-order valence-electron chi connectivity index (χ1n) is 6.59. The third-order valence-corrected chi connectivity index (χ3v) is 4.04. The van der Waals surface area contributed by atoms with Crippen LogP contribution in [0, 0.1) is 19.7 Å². The van der Waals surface area contributed by atoms with Gasteiger partial charge < -0.3 is 10.4 Å². The molecule has 0 fully saturated rings. The van der Waals surface area contributed by atoms with Crippen LogP contribution >= 0.6 is 11.3 Å². The van der Waals surface area contributed by atoms with Crippen LogP contribution in [0.15, 0.2) is 24.3 Å². The van der Waals surface area contributed by atoms with Crippen LogP contribution in [-0.4, -0.2) is 28.5 Å². The van der Waals surface area contributed by atoms with Crippen molar-refractivity contribution >= 4 is 23.2 Å². The molecule has 0 saturated carbocycles. The van der Waals surface area contributed by atoms with Crippen molar-refractivity contribution in [2.75, 3.05) is 6.54 Å². The Kier molecular flexibility index (Phi) is 4.87. The highest BCUT2D eigenvalue weighted by atomic mass is 32.1. The van der Waals surface area contributed by atoms with Crippen molar-refractivity contribution < 1.29 is 19.1 Å². The van der Waals surface area contributed by atoms with Crippen LogP contribution in [0.2, 0.25) is 0 Å². The maximum Gasteiger partial charge on any atom is 0.312 e. The Morgan fingerprint density at radius 2 is 1.95 bits per heavy atom. The van der Waals surface area contributed by atoms with Crippen LogP contribution in [-0.2, 0) is 4.79 Å². The molecule has 0 radical (unpaired) electrons. The zero-order chi connectivity index (χ0) is 16.3. The fourth-order valence-corrected chi connectivity index (χ4v) is 2.88. The Morgan fingerprint density at radius 1 is 1.32 bits per heavy atom. The van der Waals surface area contributed by atoms with Gasteiger partial charge in [-0.05, 0) is 31.5 Å². The fourth-order valence-electron chi connectivity index (χ4n) is 2.06. The van der Waals surface area contributed by atoms with Crippen molar-refractivity contribution in [1.29, 1.82) is 0 Å². The zero-order valence-electron chi connectivity index (χ0n) is 12.1. The quantitative estimate of drug-likeness (QED) is 0.886. The molecule has 2 aromatic rings. The minimum Gasteiger partial charge on any atom is -0.481 e. The Hall–Kier alpha value is -2.28. The number of aryl methyl sites for hydroxylation is 2. The number of amides is 1. The number of carboxylic acids is 1. The monoisotopic (exact) mass is 322 g/mol. The van der Waals surface area contributed by atoms with Crippen LogP contribution < -0.4 is 5.32 Å². The fraction of sp³-hybridized carbons (Fsp3) is 0.267. The van der Waals surface area contributed by atoms with Gasteiger partial charge >= 0.3 is 5.97 Å². The van der Waals surface area contributed by atoms with Gasteiger partial charge in [0, 0.05) is 11.4 Å². The van der Waals surface area contributed by atoms with Crippen LogP contribution in [0.1, 0.15) is 31.9 Å². The second-order valence-electron chi connectivity index (χ2n) is 4.79. The third kappa shape index (κ3) is 3.67. The predicted octanol–water partition coefficient (Wildman–Crippen LogP) is 2.50. The molecule has 1 unspecified atom stereocenters. The van der Waals surface area contributed by atoms with Crippen molar-refractivity contribution in [2.24, 2.45) is 0 Å². The van der Waals surface area contributed by atoms with Crippen molar-refractivity contribution in [3.05, 3.63) is 51.2 Å². The summed E-state index contributed by atoms with van der Waals surface area (Å²) in [6.07, 6.45) is 0. The Bertz CT molecular complexity index is 697. The summed E-state index contributed by atoms with van der Waals surface area (Å²) < 4.78 is 12.9. The van der Waals surface area contributed by atoms with Gasteiger partial charge in [0.15, 0.2) is 0 Å². The van der Waals surface area contributed by atoms with Gasteiger partial charge in [-0.2, -0.15) is 0 Å². The lowest BCUT2D eigenvalue weighted by Crippen LogP contribution is -2.32. The van der Waals surface area contributed by atoms with E-state index in [1.807, 2.05) is 0 Å². The number of halogens is 1. The molecular formula is C15H15FN2O3S. The summed E-state index contributed by atoms with van der Waals surface area (Å²) in [5, 5.41) is 12.6. The molecule has 1 aromatic heterocycles. The highest BCUT2D eigenvalue weighted by Gasteiger charge is 2.22. The number of thiazole rings is 1. The lowest BCUT2D eigenvalue weighted by atomic mass is 9.99. The summed E-state index contributed by atoms with van der Waals surface area (Å²) in [5.41, 5.74) is 0.742. The maximum atomic E-state index is 12.9. The summed E-state index contributed by atoms with van der Waals surface area (Å²) in [5.74, 6) is -2.87. The van der Waals surface area contributed by atoms with Gasteiger partial charge in [-0.1, -0.05) is 12.1 Å². The van der Waals surface area contributed by atoms with E-state index in [1.54, 1.807) is 13.8 Å². The standard InChI is InChI=1S/C15H15FN2O3S/c1-8-13(18-9(2)22-8)14(19)17-7-12(15(20)21)10-3-5-11(16)6-4-10/h3-6,12H,7H2,1-2H3,(H,17,19)(H,20,21). The van der Waals surface area contributed by atoms with Gasteiger partial charge in [-0.3, -0.25) is 9.59 Å². The Balaban J connectivity index is 2.09. The number of rotatable bonds is 5. The van der Waals surface area contributed by atoms with Gasteiger partial charge in [0.2, 0.25) is 0 Å². The molecule has 1 amide bonds. The van der Waals surface area contributed by atoms with Gasteiger partial charge in [0.25, 0.3) is 5.91 Å². The van der Waals surface area contributed by atoms with Crippen LogP contribution in [0.5, 0.6) is 0 Å². The molecule has 0 aliphatic carbocycles. The topological polar surface area (TPSA) is 79.3 Å². The summed E-state index contributed by atoms with van der Waals surface area (Å²) in [6, 6.07) is 5.19. The molecule has 1 atom stereocenters. The molecule has 2 rings (SSSR count). The minimum absolute atomic E-state index is 0.0875. The van der Waals surface area contributed by atoms with Gasteiger partial charge in [-0.25, -0.2) is 9.37 Å². The van der Waals surface area contributed by atoms with Crippen molar-refractivity contribution in [3.8, 4) is 0 Å². The van der Waals surface area contributed by atoms with Crippen LogP contribution in [0.25, 0.3) is 0 Å². The number of nitrogens with one attached hydrogen (secondary N) is 1. The number of aliphatic carboxylic acids is 1. The van der Waals surface area contributed by atoms with E-state index in [0.29, 0.717) is 11.3 Å². The SMILES string of the molecule is Cc1nc(C(=O)NCC(C(=O)O)c2ccc(F)cc2)c(C)s1. The molecule has 7 heteroatoms. The lowest BCUT2D eigenvalue weighted by Gasteiger charge is -2.13. The Morgan fingerprint density at radius 3 is 2.45 bits per heavy atom. The molecule has 22 heavy (non-hydrogen) atoms. The smallest absolute Gasteiger partial charge is 0.312 e. The normalized spacial score (nSPS) is 12.0. The molecule has 116 valence electrons. The average molecular weight is 322 g/mol. The predicted molar refractivity (Wildman–Crippen MR) is 80.7 cm³/mol. The van der Waals surface area contributed by atoms with E-state index in [9.17, 15) is 19.1 Å². The number of nitrogens with zero attached hydrogens (tertiary/aromatic N) is 1. The van der Waals surface area contributed by atoms with E-state index >= 15 is 0 Å². The first kappa shape index (κ1) is 16.1.